The first kappa shape index (κ1) is 14.7. The molecule has 1 aromatic carbocycles. The van der Waals surface area contributed by atoms with Crippen LogP contribution in [0.25, 0.3) is 0 Å². The van der Waals surface area contributed by atoms with Crippen molar-refractivity contribution in [3.8, 4) is 0 Å². The van der Waals surface area contributed by atoms with Crippen molar-refractivity contribution in [2.24, 2.45) is 11.7 Å². The zero-order chi connectivity index (χ0) is 13.7. The van der Waals surface area contributed by atoms with E-state index in [1.54, 1.807) is 0 Å². The van der Waals surface area contributed by atoms with Crippen LogP contribution in [0, 0.1) is 12.8 Å². The molecule has 2 unspecified atom stereocenters. The molecule has 100 valence electrons. The fourth-order valence-corrected chi connectivity index (χ4v) is 2.07. The minimum Gasteiger partial charge on any atom is -0.368 e. The summed E-state index contributed by atoms with van der Waals surface area (Å²) in [5.41, 5.74) is 7.88. The fourth-order valence-electron chi connectivity index (χ4n) is 2.07. The molecule has 0 heterocycles. The summed E-state index contributed by atoms with van der Waals surface area (Å²) in [4.78, 5) is 11.4. The van der Waals surface area contributed by atoms with Gasteiger partial charge in [0.05, 0.1) is 6.04 Å². The van der Waals surface area contributed by atoms with E-state index in [0.717, 1.165) is 6.42 Å². The number of hydrogen-bond acceptors (Lipinski definition) is 2. The number of nitrogens with one attached hydrogen (secondary N) is 1. The Balaban J connectivity index is 2.83. The highest BCUT2D eigenvalue weighted by atomic mass is 16.1. The Morgan fingerprint density at radius 1 is 1.28 bits per heavy atom. The zero-order valence-corrected chi connectivity index (χ0v) is 11.7. The van der Waals surface area contributed by atoms with Crippen molar-refractivity contribution in [1.29, 1.82) is 0 Å². The van der Waals surface area contributed by atoms with Gasteiger partial charge in [0, 0.05) is 6.04 Å². The van der Waals surface area contributed by atoms with E-state index < -0.39 is 0 Å². The number of rotatable bonds is 6. The molecular formula is C15H24N2O. The average molecular weight is 248 g/mol. The maximum Gasteiger partial charge on any atom is 0.234 e. The highest BCUT2D eigenvalue weighted by Gasteiger charge is 2.22. The minimum absolute atomic E-state index is 0.172. The predicted octanol–water partition coefficient (Wildman–Crippen LogP) is 2.55. The molecule has 0 saturated heterocycles. The van der Waals surface area contributed by atoms with Gasteiger partial charge in [-0.2, -0.15) is 0 Å². The molecule has 3 nitrogen and oxygen atoms in total. The van der Waals surface area contributed by atoms with Gasteiger partial charge in [-0.25, -0.2) is 0 Å². The Morgan fingerprint density at radius 3 is 2.22 bits per heavy atom. The lowest BCUT2D eigenvalue weighted by Crippen LogP contribution is -2.46. The molecule has 2 atom stereocenters. The van der Waals surface area contributed by atoms with Crippen LogP contribution in [-0.2, 0) is 4.79 Å². The topological polar surface area (TPSA) is 55.1 Å². The molecule has 0 radical (unpaired) electrons. The number of primary amides is 1. The molecule has 0 aromatic heterocycles. The van der Waals surface area contributed by atoms with E-state index in [2.05, 4.69) is 43.4 Å². The van der Waals surface area contributed by atoms with E-state index in [9.17, 15) is 4.79 Å². The second-order valence-electron chi connectivity index (χ2n) is 5.16. The number of nitrogens with two attached hydrogens (primary N) is 1. The highest BCUT2D eigenvalue weighted by Crippen LogP contribution is 2.19. The number of carbonyl (C=O) groups excluding carboxylic acids is 1. The van der Waals surface area contributed by atoms with Gasteiger partial charge in [0.25, 0.3) is 0 Å². The van der Waals surface area contributed by atoms with Crippen molar-refractivity contribution in [3.63, 3.8) is 0 Å². The van der Waals surface area contributed by atoms with Gasteiger partial charge < -0.3 is 5.73 Å². The largest absolute Gasteiger partial charge is 0.368 e. The molecule has 1 amide bonds. The Hall–Kier alpha value is -1.35. The van der Waals surface area contributed by atoms with E-state index in [0.29, 0.717) is 0 Å². The quantitative estimate of drug-likeness (QED) is 0.813. The summed E-state index contributed by atoms with van der Waals surface area (Å²) in [5.74, 6) is -0.0856. The van der Waals surface area contributed by atoms with Crippen LogP contribution in [0.3, 0.4) is 0 Å². The number of amides is 1. The molecule has 1 aromatic rings. The summed E-state index contributed by atoms with van der Waals surface area (Å²) in [5, 5.41) is 3.36. The van der Waals surface area contributed by atoms with Gasteiger partial charge in [0.2, 0.25) is 5.91 Å². The van der Waals surface area contributed by atoms with Crippen molar-refractivity contribution < 1.29 is 4.79 Å². The molecular weight excluding hydrogens is 224 g/mol. The van der Waals surface area contributed by atoms with Crippen LogP contribution in [0.4, 0.5) is 0 Å². The second kappa shape index (κ2) is 6.55. The maximum absolute atomic E-state index is 11.4. The lowest BCUT2D eigenvalue weighted by molar-refractivity contribution is -0.121. The molecule has 18 heavy (non-hydrogen) atoms. The average Bonchev–Trinajstić information content (AvgIpc) is 2.31. The second-order valence-corrected chi connectivity index (χ2v) is 5.16. The number of benzene rings is 1. The van der Waals surface area contributed by atoms with Crippen LogP contribution < -0.4 is 11.1 Å². The van der Waals surface area contributed by atoms with E-state index in [-0.39, 0.29) is 23.9 Å². The molecule has 3 N–H and O–H groups in total. The molecule has 0 spiro atoms. The SMILES string of the molecule is CCC(NC(C(N)=O)C(C)C)c1ccc(C)cc1. The normalized spacial score (nSPS) is 14.5. The van der Waals surface area contributed by atoms with Gasteiger partial charge in [-0.05, 0) is 24.8 Å². The first-order chi connectivity index (χ1) is 8.45. The van der Waals surface area contributed by atoms with Gasteiger partial charge in [-0.3, -0.25) is 10.1 Å². The standard InChI is InChI=1S/C15H24N2O/c1-5-13(12-8-6-11(4)7-9-12)17-14(10(2)3)15(16)18/h6-10,13-14,17H,5H2,1-4H3,(H2,16,18). The van der Waals surface area contributed by atoms with Crippen LogP contribution in [0.5, 0.6) is 0 Å². The summed E-state index contributed by atoms with van der Waals surface area (Å²) in [7, 11) is 0. The lowest BCUT2D eigenvalue weighted by atomic mass is 9.98. The van der Waals surface area contributed by atoms with Crippen LogP contribution in [0.1, 0.15) is 44.4 Å². The van der Waals surface area contributed by atoms with E-state index in [4.69, 9.17) is 5.73 Å². The third-order valence-corrected chi connectivity index (χ3v) is 3.24. The van der Waals surface area contributed by atoms with Crippen LogP contribution in [-0.4, -0.2) is 11.9 Å². The Kier molecular flexibility index (Phi) is 5.35. The third kappa shape index (κ3) is 3.84. The maximum atomic E-state index is 11.4. The van der Waals surface area contributed by atoms with E-state index in [1.165, 1.54) is 11.1 Å². The zero-order valence-electron chi connectivity index (χ0n) is 11.7. The molecule has 3 heteroatoms. The smallest absolute Gasteiger partial charge is 0.234 e. The van der Waals surface area contributed by atoms with Gasteiger partial charge >= 0.3 is 0 Å². The van der Waals surface area contributed by atoms with Crippen molar-refractivity contribution in [2.75, 3.05) is 0 Å². The van der Waals surface area contributed by atoms with E-state index >= 15 is 0 Å². The Labute approximate surface area is 110 Å². The first-order valence-electron chi connectivity index (χ1n) is 6.57. The van der Waals surface area contributed by atoms with Crippen molar-refractivity contribution in [3.05, 3.63) is 35.4 Å². The lowest BCUT2D eigenvalue weighted by Gasteiger charge is -2.26. The number of hydrogen-bond donors (Lipinski definition) is 2. The van der Waals surface area contributed by atoms with Crippen molar-refractivity contribution in [2.45, 2.75) is 46.2 Å². The number of aryl methyl sites for hydroxylation is 1. The summed E-state index contributed by atoms with van der Waals surface area (Å²) >= 11 is 0. The highest BCUT2D eigenvalue weighted by molar-refractivity contribution is 5.80. The number of carbonyl (C=O) groups is 1. The van der Waals surface area contributed by atoms with Crippen LogP contribution in [0.2, 0.25) is 0 Å². The fraction of sp³-hybridized carbons (Fsp3) is 0.533. The molecule has 0 aliphatic rings. The van der Waals surface area contributed by atoms with Gasteiger partial charge in [-0.15, -0.1) is 0 Å². The molecule has 0 aliphatic carbocycles. The molecule has 0 saturated carbocycles. The predicted molar refractivity (Wildman–Crippen MR) is 75.2 cm³/mol. The van der Waals surface area contributed by atoms with E-state index in [1.807, 2.05) is 13.8 Å². The summed E-state index contributed by atoms with van der Waals surface area (Å²) in [6.07, 6.45) is 0.930. The Morgan fingerprint density at radius 2 is 1.83 bits per heavy atom. The van der Waals surface area contributed by atoms with Gasteiger partial charge in [0.1, 0.15) is 0 Å². The summed E-state index contributed by atoms with van der Waals surface area (Å²) < 4.78 is 0. The summed E-state index contributed by atoms with van der Waals surface area (Å²) in [6.45, 7) is 8.18. The van der Waals surface area contributed by atoms with Gasteiger partial charge in [-0.1, -0.05) is 50.6 Å². The van der Waals surface area contributed by atoms with Crippen molar-refractivity contribution in [1.82, 2.24) is 5.32 Å². The minimum atomic E-state index is -0.282. The molecule has 0 fully saturated rings. The molecule has 0 bridgehead atoms. The molecule has 1 rings (SSSR count). The van der Waals surface area contributed by atoms with Crippen molar-refractivity contribution >= 4 is 5.91 Å². The summed E-state index contributed by atoms with van der Waals surface area (Å²) in [6, 6.07) is 8.29. The monoisotopic (exact) mass is 248 g/mol. The van der Waals surface area contributed by atoms with Crippen LogP contribution >= 0.6 is 0 Å². The third-order valence-electron chi connectivity index (χ3n) is 3.24. The van der Waals surface area contributed by atoms with Crippen LogP contribution in [0.15, 0.2) is 24.3 Å². The molecule has 0 aliphatic heterocycles. The first-order valence-corrected chi connectivity index (χ1v) is 6.57. The van der Waals surface area contributed by atoms with Gasteiger partial charge in [0.15, 0.2) is 0 Å². The Bertz CT molecular complexity index is 384.